The summed E-state index contributed by atoms with van der Waals surface area (Å²) in [5.74, 6) is 1.89. The number of rotatable bonds is 8. The van der Waals surface area contributed by atoms with E-state index in [0.29, 0.717) is 26.1 Å². The van der Waals surface area contributed by atoms with E-state index in [4.69, 9.17) is 4.52 Å². The molecular weight excluding hydrogens is 493 g/mol. The number of nitrogens with zero attached hydrogens (tertiary/aromatic N) is 3. The van der Waals surface area contributed by atoms with Crippen LogP contribution in [-0.2, 0) is 37.3 Å². The lowest BCUT2D eigenvalue weighted by Crippen LogP contribution is -2.37. The number of likely N-dealkylation sites (tertiary alicyclic amines) is 1. The first-order chi connectivity index (χ1) is 14.2. The molecule has 1 aromatic heterocycles. The summed E-state index contributed by atoms with van der Waals surface area (Å²) in [5.41, 5.74) is 4.45. The van der Waals surface area contributed by atoms with E-state index in [2.05, 4.69) is 46.8 Å². The van der Waals surface area contributed by atoms with Crippen LogP contribution in [0.5, 0.6) is 0 Å². The van der Waals surface area contributed by atoms with Gasteiger partial charge in [-0.1, -0.05) is 43.3 Å². The maximum Gasteiger partial charge on any atom is 0.222 e. The molecule has 0 saturated carbocycles. The topological polar surface area (TPSA) is 82.8 Å². The van der Waals surface area contributed by atoms with Crippen molar-refractivity contribution in [2.75, 3.05) is 13.6 Å². The van der Waals surface area contributed by atoms with Crippen LogP contribution in [0.4, 0.5) is 0 Å². The Labute approximate surface area is 195 Å². The minimum atomic E-state index is 0. The number of nitrogens with one attached hydrogen (secondary N) is 2. The van der Waals surface area contributed by atoms with Crippen molar-refractivity contribution in [3.05, 3.63) is 52.4 Å². The second kappa shape index (κ2) is 11.9. The lowest BCUT2D eigenvalue weighted by atomic mass is 10.1. The van der Waals surface area contributed by atoms with Crippen LogP contribution in [0.2, 0.25) is 0 Å². The van der Waals surface area contributed by atoms with Gasteiger partial charge < -0.3 is 20.1 Å². The van der Waals surface area contributed by atoms with Gasteiger partial charge in [0.15, 0.2) is 5.96 Å². The largest absolute Gasteiger partial charge is 0.361 e. The number of aryl methyl sites for hydroxylation is 2. The van der Waals surface area contributed by atoms with Crippen LogP contribution in [-0.4, -0.2) is 35.5 Å². The van der Waals surface area contributed by atoms with Crippen molar-refractivity contribution in [3.8, 4) is 0 Å². The van der Waals surface area contributed by atoms with Crippen molar-refractivity contribution in [2.45, 2.75) is 59.2 Å². The van der Waals surface area contributed by atoms with Crippen LogP contribution in [0.15, 0.2) is 33.8 Å². The summed E-state index contributed by atoms with van der Waals surface area (Å²) in [4.78, 5) is 18.3. The van der Waals surface area contributed by atoms with E-state index < -0.39 is 0 Å². The molecule has 30 heavy (non-hydrogen) atoms. The molecule has 3 rings (SSSR count). The number of amides is 1. The Balaban J connectivity index is 0.00000320. The van der Waals surface area contributed by atoms with E-state index in [1.165, 1.54) is 11.1 Å². The number of benzene rings is 1. The van der Waals surface area contributed by atoms with Gasteiger partial charge in [-0.15, -0.1) is 24.0 Å². The van der Waals surface area contributed by atoms with Crippen LogP contribution in [0.25, 0.3) is 0 Å². The van der Waals surface area contributed by atoms with Gasteiger partial charge in [-0.05, 0) is 24.0 Å². The van der Waals surface area contributed by atoms with Gasteiger partial charge >= 0.3 is 0 Å². The third-order valence-corrected chi connectivity index (χ3v) is 5.36. The Morgan fingerprint density at radius 3 is 2.53 bits per heavy atom. The Hall–Kier alpha value is -2.10. The molecule has 0 radical (unpaired) electrons. The molecule has 1 aromatic carbocycles. The first-order valence-electron chi connectivity index (χ1n) is 10.4. The number of hydrogen-bond donors (Lipinski definition) is 2. The van der Waals surface area contributed by atoms with E-state index in [-0.39, 0.29) is 29.9 Å². The van der Waals surface area contributed by atoms with Crippen LogP contribution in [0.3, 0.4) is 0 Å². The highest BCUT2D eigenvalue weighted by molar-refractivity contribution is 14.0. The Morgan fingerprint density at radius 2 is 1.90 bits per heavy atom. The van der Waals surface area contributed by atoms with Gasteiger partial charge in [0.05, 0.1) is 5.69 Å². The van der Waals surface area contributed by atoms with E-state index in [9.17, 15) is 4.79 Å². The summed E-state index contributed by atoms with van der Waals surface area (Å²) in [6.07, 6.45) is 3.28. The smallest absolute Gasteiger partial charge is 0.222 e. The highest BCUT2D eigenvalue weighted by Crippen LogP contribution is 2.18. The monoisotopic (exact) mass is 525 g/mol. The van der Waals surface area contributed by atoms with Gasteiger partial charge in [0, 0.05) is 51.6 Å². The van der Waals surface area contributed by atoms with Crippen LogP contribution >= 0.6 is 24.0 Å². The molecule has 0 bridgehead atoms. The van der Waals surface area contributed by atoms with Gasteiger partial charge in [-0.25, -0.2) is 0 Å². The lowest BCUT2D eigenvalue weighted by molar-refractivity contribution is -0.128. The fourth-order valence-corrected chi connectivity index (χ4v) is 3.67. The molecule has 2 aromatic rings. The standard InChI is InChI=1S/C22H31N5O2.HI/c1-4-19-18(20(5-2)29-26-19)14-25-22(23-3)24-13-16-9-6-7-10-17(16)15-27-12-8-11-21(27)28;/h6-7,9-10H,4-5,8,11-15H2,1-3H3,(H2,23,24,25);1H. The van der Waals surface area contributed by atoms with E-state index >= 15 is 0 Å². The maximum absolute atomic E-state index is 12.0. The first-order valence-corrected chi connectivity index (χ1v) is 10.4. The molecular formula is C22H32IN5O2. The third-order valence-electron chi connectivity index (χ3n) is 5.36. The van der Waals surface area contributed by atoms with Gasteiger partial charge in [-0.2, -0.15) is 0 Å². The van der Waals surface area contributed by atoms with E-state index in [1.54, 1.807) is 7.05 Å². The molecule has 7 nitrogen and oxygen atoms in total. The summed E-state index contributed by atoms with van der Waals surface area (Å²) < 4.78 is 5.44. The predicted molar refractivity (Wildman–Crippen MR) is 129 cm³/mol. The molecule has 0 spiro atoms. The average molecular weight is 525 g/mol. The van der Waals surface area contributed by atoms with Gasteiger partial charge in [0.2, 0.25) is 5.91 Å². The minimum Gasteiger partial charge on any atom is -0.361 e. The zero-order chi connectivity index (χ0) is 20.6. The summed E-state index contributed by atoms with van der Waals surface area (Å²) in [7, 11) is 1.76. The second-order valence-electron chi connectivity index (χ2n) is 7.20. The molecule has 1 aliphatic rings. The molecule has 8 heteroatoms. The maximum atomic E-state index is 12.0. The molecule has 1 amide bonds. The lowest BCUT2D eigenvalue weighted by Gasteiger charge is -2.19. The van der Waals surface area contributed by atoms with Crippen molar-refractivity contribution in [1.29, 1.82) is 0 Å². The number of aliphatic imine (C=N–C) groups is 1. The number of carbonyl (C=O) groups excluding carboxylic acids is 1. The molecule has 1 saturated heterocycles. The fourth-order valence-electron chi connectivity index (χ4n) is 3.67. The number of guanidine groups is 1. The molecule has 2 heterocycles. The van der Waals surface area contributed by atoms with Crippen molar-refractivity contribution in [2.24, 2.45) is 4.99 Å². The molecule has 0 unspecified atom stereocenters. The first kappa shape index (κ1) is 24.2. The number of carbonyl (C=O) groups is 1. The van der Waals surface area contributed by atoms with Crippen molar-refractivity contribution >= 4 is 35.8 Å². The Bertz CT molecular complexity index is 843. The fraction of sp³-hybridized carbons (Fsp3) is 0.500. The van der Waals surface area contributed by atoms with Crippen LogP contribution < -0.4 is 10.6 Å². The van der Waals surface area contributed by atoms with Gasteiger partial charge in [0.25, 0.3) is 0 Å². The number of aromatic nitrogens is 1. The zero-order valence-corrected chi connectivity index (χ0v) is 20.4. The average Bonchev–Trinajstić information content (AvgIpc) is 3.34. The zero-order valence-electron chi connectivity index (χ0n) is 18.0. The Morgan fingerprint density at radius 1 is 1.17 bits per heavy atom. The van der Waals surface area contributed by atoms with Gasteiger partial charge in [0.1, 0.15) is 5.76 Å². The predicted octanol–water partition coefficient (Wildman–Crippen LogP) is 3.41. The SMILES string of the molecule is CCc1noc(CC)c1CNC(=NC)NCc1ccccc1CN1CCCC1=O.I. The van der Waals surface area contributed by atoms with Crippen LogP contribution in [0, 0.1) is 0 Å². The molecule has 0 aliphatic carbocycles. The van der Waals surface area contributed by atoms with Crippen molar-refractivity contribution in [3.63, 3.8) is 0 Å². The number of hydrogen-bond acceptors (Lipinski definition) is 4. The highest BCUT2D eigenvalue weighted by atomic mass is 127. The summed E-state index contributed by atoms with van der Waals surface area (Å²) in [6.45, 7) is 6.93. The summed E-state index contributed by atoms with van der Waals surface area (Å²) >= 11 is 0. The van der Waals surface area contributed by atoms with Crippen molar-refractivity contribution < 1.29 is 9.32 Å². The quantitative estimate of drug-likeness (QED) is 0.314. The normalized spacial score (nSPS) is 14.0. The van der Waals surface area contributed by atoms with Gasteiger partial charge in [-0.3, -0.25) is 9.79 Å². The highest BCUT2D eigenvalue weighted by Gasteiger charge is 2.21. The minimum absolute atomic E-state index is 0. The third kappa shape index (κ3) is 5.96. The van der Waals surface area contributed by atoms with Crippen LogP contribution in [0.1, 0.15) is 54.8 Å². The van der Waals surface area contributed by atoms with E-state index in [0.717, 1.165) is 48.8 Å². The molecule has 2 N–H and O–H groups in total. The van der Waals surface area contributed by atoms with E-state index in [1.807, 2.05) is 17.0 Å². The van der Waals surface area contributed by atoms with Crippen molar-refractivity contribution in [1.82, 2.24) is 20.7 Å². The Kier molecular flexibility index (Phi) is 9.61. The second-order valence-corrected chi connectivity index (χ2v) is 7.20. The molecule has 1 fully saturated rings. The summed E-state index contributed by atoms with van der Waals surface area (Å²) in [5, 5.41) is 10.9. The molecule has 164 valence electrons. The molecule has 1 aliphatic heterocycles. The number of halogens is 1. The summed E-state index contributed by atoms with van der Waals surface area (Å²) in [6, 6.07) is 8.25. The molecule has 0 atom stereocenters.